The van der Waals surface area contributed by atoms with E-state index in [0.717, 1.165) is 10.7 Å². The van der Waals surface area contributed by atoms with Crippen LogP contribution in [0.25, 0.3) is 5.52 Å². The van der Waals surface area contributed by atoms with Crippen molar-refractivity contribution in [3.63, 3.8) is 0 Å². The van der Waals surface area contributed by atoms with Crippen molar-refractivity contribution in [1.82, 2.24) is 14.6 Å². The van der Waals surface area contributed by atoms with Crippen LogP contribution in [0.4, 0.5) is 37.0 Å². The second-order valence-corrected chi connectivity index (χ2v) is 12.0. The molecule has 0 aromatic carbocycles. The van der Waals surface area contributed by atoms with Crippen molar-refractivity contribution in [2.24, 2.45) is 0 Å². The standard InChI is InChI=1S/C25H26F6N4O6S/c1-6-40-21(36)16-10-15(25(29,30)31)12-32-17(16)13-34(22(37)41-23(3,4)5)20-19(42(38,39)7-2)18-11-14(24(26,27)28)8-9-35(18)33-20/h8-12H,6-7,13H2,1-5H3. The molecule has 230 valence electrons. The zero-order chi connectivity index (χ0) is 31.8. The molecular formula is C25H26F6N4O6S. The smallest absolute Gasteiger partial charge is 0.417 e. The van der Waals surface area contributed by atoms with Crippen molar-refractivity contribution in [1.29, 1.82) is 0 Å². The van der Waals surface area contributed by atoms with Crippen LogP contribution in [0.5, 0.6) is 0 Å². The monoisotopic (exact) mass is 624 g/mol. The van der Waals surface area contributed by atoms with Gasteiger partial charge in [0.15, 0.2) is 15.7 Å². The van der Waals surface area contributed by atoms with Crippen LogP contribution in [0.2, 0.25) is 0 Å². The average molecular weight is 625 g/mol. The SMILES string of the molecule is CCOC(=O)c1cc(C(F)(F)F)cnc1CN(C(=O)OC(C)(C)C)c1nn2ccc(C(F)(F)F)cc2c1S(=O)(=O)CC. The maximum atomic E-state index is 13.5. The molecule has 0 aliphatic rings. The van der Waals surface area contributed by atoms with Gasteiger partial charge in [-0.15, -0.1) is 5.10 Å². The van der Waals surface area contributed by atoms with E-state index in [2.05, 4.69) is 10.1 Å². The summed E-state index contributed by atoms with van der Waals surface area (Å²) in [4.78, 5) is 29.5. The average Bonchev–Trinajstić information content (AvgIpc) is 3.24. The summed E-state index contributed by atoms with van der Waals surface area (Å²) in [5.41, 5.74) is -5.38. The third-order valence-electron chi connectivity index (χ3n) is 5.56. The summed E-state index contributed by atoms with van der Waals surface area (Å²) in [6.07, 6.45) is -9.80. The molecule has 0 aliphatic carbocycles. The summed E-state index contributed by atoms with van der Waals surface area (Å²) in [5, 5.41) is 4.04. The van der Waals surface area contributed by atoms with Gasteiger partial charge in [-0.3, -0.25) is 9.88 Å². The van der Waals surface area contributed by atoms with Crippen LogP contribution in [0.1, 0.15) is 61.8 Å². The highest BCUT2D eigenvalue weighted by molar-refractivity contribution is 7.91. The number of esters is 1. The maximum absolute atomic E-state index is 13.5. The van der Waals surface area contributed by atoms with Gasteiger partial charge in [-0.05, 0) is 45.9 Å². The van der Waals surface area contributed by atoms with Crippen molar-refractivity contribution in [2.75, 3.05) is 17.3 Å². The number of hydrogen-bond donors (Lipinski definition) is 0. The normalized spacial score (nSPS) is 12.8. The molecule has 3 heterocycles. The van der Waals surface area contributed by atoms with Gasteiger partial charge in [0.25, 0.3) is 0 Å². The van der Waals surface area contributed by atoms with Crippen LogP contribution in [0, 0.1) is 0 Å². The number of aromatic nitrogens is 3. The second-order valence-electron chi connectivity index (χ2n) is 9.80. The number of pyridine rings is 2. The van der Waals surface area contributed by atoms with Crippen LogP contribution in [-0.2, 0) is 38.2 Å². The molecule has 0 unspecified atom stereocenters. The highest BCUT2D eigenvalue weighted by atomic mass is 32.2. The van der Waals surface area contributed by atoms with Crippen molar-refractivity contribution in [2.45, 2.75) is 64.0 Å². The third-order valence-corrected chi connectivity index (χ3v) is 7.34. The summed E-state index contributed by atoms with van der Waals surface area (Å²) in [6, 6.07) is 1.63. The first-order valence-electron chi connectivity index (χ1n) is 12.3. The second kappa shape index (κ2) is 11.4. The topological polar surface area (TPSA) is 120 Å². The summed E-state index contributed by atoms with van der Waals surface area (Å²) >= 11 is 0. The van der Waals surface area contributed by atoms with E-state index in [9.17, 15) is 44.3 Å². The first kappa shape index (κ1) is 32.6. The number of nitrogens with zero attached hydrogens (tertiary/aromatic N) is 4. The van der Waals surface area contributed by atoms with Crippen molar-refractivity contribution in [3.8, 4) is 0 Å². The molecule has 0 atom stereocenters. The Balaban J connectivity index is 2.35. The maximum Gasteiger partial charge on any atom is 0.417 e. The number of ether oxygens (including phenoxy) is 2. The molecular weight excluding hydrogens is 598 g/mol. The molecule has 0 fully saturated rings. The van der Waals surface area contributed by atoms with Crippen molar-refractivity contribution >= 4 is 33.2 Å². The molecule has 0 N–H and O–H groups in total. The minimum absolute atomic E-state index is 0.225. The van der Waals surface area contributed by atoms with Gasteiger partial charge in [-0.1, -0.05) is 6.92 Å². The predicted molar refractivity (Wildman–Crippen MR) is 136 cm³/mol. The Bertz CT molecular complexity index is 1610. The van der Waals surface area contributed by atoms with Crippen LogP contribution in [0.15, 0.2) is 35.5 Å². The molecule has 0 aliphatic heterocycles. The highest BCUT2D eigenvalue weighted by Gasteiger charge is 2.38. The van der Waals surface area contributed by atoms with Crippen molar-refractivity contribution in [3.05, 3.63) is 53.0 Å². The number of fused-ring (bicyclic) bond motifs is 1. The number of hydrogen-bond acceptors (Lipinski definition) is 8. The van der Waals surface area contributed by atoms with Gasteiger partial charge >= 0.3 is 24.4 Å². The Morgan fingerprint density at radius 2 is 1.62 bits per heavy atom. The minimum atomic E-state index is -4.90. The lowest BCUT2D eigenvalue weighted by Crippen LogP contribution is -2.38. The Hall–Kier alpha value is -3.89. The van der Waals surface area contributed by atoms with E-state index in [0.29, 0.717) is 29.3 Å². The lowest BCUT2D eigenvalue weighted by atomic mass is 10.1. The Morgan fingerprint density at radius 1 is 1.00 bits per heavy atom. The molecule has 3 aromatic heterocycles. The molecule has 0 spiro atoms. The Labute approximate surface area is 236 Å². The number of sulfone groups is 1. The van der Waals surface area contributed by atoms with Crippen LogP contribution < -0.4 is 4.90 Å². The van der Waals surface area contributed by atoms with E-state index in [-0.39, 0.29) is 6.61 Å². The quantitative estimate of drug-likeness (QED) is 0.243. The number of rotatable bonds is 7. The first-order chi connectivity index (χ1) is 19.2. The van der Waals surface area contributed by atoms with E-state index in [4.69, 9.17) is 9.47 Å². The fourth-order valence-electron chi connectivity index (χ4n) is 3.66. The number of carbonyl (C=O) groups is 2. The summed E-state index contributed by atoms with van der Waals surface area (Å²) in [7, 11) is -4.41. The van der Waals surface area contributed by atoms with E-state index < -0.39 is 90.8 Å². The van der Waals surface area contributed by atoms with Crippen molar-refractivity contribution < 1.29 is 53.8 Å². The van der Waals surface area contributed by atoms with E-state index in [1.807, 2.05) is 0 Å². The highest BCUT2D eigenvalue weighted by Crippen LogP contribution is 2.36. The van der Waals surface area contributed by atoms with Gasteiger partial charge in [0.2, 0.25) is 0 Å². The lowest BCUT2D eigenvalue weighted by Gasteiger charge is -2.27. The van der Waals surface area contributed by atoms with Gasteiger partial charge in [-0.25, -0.2) is 22.5 Å². The molecule has 0 saturated heterocycles. The zero-order valence-corrected chi connectivity index (χ0v) is 23.7. The van der Waals surface area contributed by atoms with E-state index in [1.165, 1.54) is 34.6 Å². The van der Waals surface area contributed by atoms with Gasteiger partial charge in [0, 0.05) is 12.4 Å². The molecule has 3 aromatic rings. The number of anilines is 1. The van der Waals surface area contributed by atoms with Crippen LogP contribution >= 0.6 is 0 Å². The number of alkyl halides is 6. The largest absolute Gasteiger partial charge is 0.462 e. The summed E-state index contributed by atoms with van der Waals surface area (Å²) in [5.74, 6) is -2.53. The molecule has 0 radical (unpaired) electrons. The van der Waals surface area contributed by atoms with Gasteiger partial charge in [0.1, 0.15) is 10.5 Å². The number of amides is 1. The fraction of sp³-hybridized carbons (Fsp3) is 0.440. The molecule has 0 saturated carbocycles. The molecule has 0 bridgehead atoms. The third kappa shape index (κ3) is 7.11. The van der Waals surface area contributed by atoms with Crippen LogP contribution in [-0.4, -0.2) is 53.0 Å². The Kier molecular flexibility index (Phi) is 8.87. The molecule has 1 amide bonds. The molecule has 17 heteroatoms. The predicted octanol–water partition coefficient (Wildman–Crippen LogP) is 5.68. The Morgan fingerprint density at radius 3 is 2.14 bits per heavy atom. The van der Waals surface area contributed by atoms with Gasteiger partial charge < -0.3 is 9.47 Å². The van der Waals surface area contributed by atoms with E-state index in [1.54, 1.807) is 0 Å². The lowest BCUT2D eigenvalue weighted by molar-refractivity contribution is -0.138. The summed E-state index contributed by atoms with van der Waals surface area (Å²) in [6.45, 7) is 5.91. The minimum Gasteiger partial charge on any atom is -0.462 e. The van der Waals surface area contributed by atoms with Crippen LogP contribution in [0.3, 0.4) is 0 Å². The molecule has 3 rings (SSSR count). The number of carbonyl (C=O) groups excluding carboxylic acids is 2. The van der Waals surface area contributed by atoms with Gasteiger partial charge in [-0.2, -0.15) is 26.3 Å². The first-order valence-corrected chi connectivity index (χ1v) is 13.9. The molecule has 42 heavy (non-hydrogen) atoms. The van der Waals surface area contributed by atoms with E-state index >= 15 is 0 Å². The van der Waals surface area contributed by atoms with Gasteiger partial charge in [0.05, 0.1) is 46.8 Å². The fourth-order valence-corrected chi connectivity index (χ4v) is 4.85. The number of halogens is 6. The summed E-state index contributed by atoms with van der Waals surface area (Å²) < 4.78 is 118. The molecule has 10 nitrogen and oxygen atoms in total. The zero-order valence-electron chi connectivity index (χ0n) is 22.9.